The molecule has 1 aliphatic heterocycles. The Morgan fingerprint density at radius 3 is 2.36 bits per heavy atom. The maximum absolute atomic E-state index is 14.4. The third-order valence-corrected chi connectivity index (χ3v) is 5.40. The molecule has 33 heavy (non-hydrogen) atoms. The summed E-state index contributed by atoms with van der Waals surface area (Å²) in [6.45, 7) is 1.63. The number of benzene rings is 2. The first-order valence-corrected chi connectivity index (χ1v) is 9.76. The molecule has 8 nitrogen and oxygen atoms in total. The number of aromatic nitrogens is 2. The molecule has 0 bridgehead atoms. The Morgan fingerprint density at radius 1 is 1.09 bits per heavy atom. The molecule has 1 aliphatic rings. The van der Waals surface area contributed by atoms with Crippen molar-refractivity contribution in [2.45, 2.75) is 18.6 Å². The van der Waals surface area contributed by atoms with E-state index in [1.807, 2.05) is 5.32 Å². The van der Waals surface area contributed by atoms with Gasteiger partial charge in [0.2, 0.25) is 0 Å². The summed E-state index contributed by atoms with van der Waals surface area (Å²) in [6.07, 6.45) is -5.43. The second kappa shape index (κ2) is 7.62. The highest BCUT2D eigenvalue weighted by Crippen LogP contribution is 2.45. The van der Waals surface area contributed by atoms with Gasteiger partial charge in [-0.15, -0.1) is 0 Å². The van der Waals surface area contributed by atoms with E-state index in [2.05, 4.69) is 0 Å². The second-order valence-electron chi connectivity index (χ2n) is 7.32. The van der Waals surface area contributed by atoms with Crippen molar-refractivity contribution >= 4 is 29.2 Å². The number of aromatic amines is 1. The first-order valence-electron chi connectivity index (χ1n) is 9.39. The number of rotatable bonds is 3. The van der Waals surface area contributed by atoms with E-state index in [-0.39, 0.29) is 16.3 Å². The number of carbonyl (C=O) groups excluding carboxylic acids is 2. The smallest absolute Gasteiger partial charge is 0.326 e. The van der Waals surface area contributed by atoms with Crippen LogP contribution in [0, 0.1) is 6.92 Å². The highest BCUT2D eigenvalue weighted by atomic mass is 35.5. The molecule has 0 unspecified atom stereocenters. The van der Waals surface area contributed by atoms with Gasteiger partial charge in [-0.2, -0.15) is 13.2 Å². The molecule has 0 spiro atoms. The van der Waals surface area contributed by atoms with Gasteiger partial charge in [0.25, 0.3) is 22.9 Å². The molecule has 0 aliphatic carbocycles. The predicted molar refractivity (Wildman–Crippen MR) is 113 cm³/mol. The number of nitrogens with zero attached hydrogens (tertiary/aromatic N) is 1. The Bertz CT molecular complexity index is 1410. The molecule has 2 heterocycles. The van der Waals surface area contributed by atoms with Crippen LogP contribution in [0.15, 0.2) is 58.1 Å². The minimum atomic E-state index is -5.43. The summed E-state index contributed by atoms with van der Waals surface area (Å²) >= 11 is 5.83. The van der Waals surface area contributed by atoms with Gasteiger partial charge in [0.1, 0.15) is 11.4 Å². The topological polar surface area (TPSA) is 113 Å². The Balaban J connectivity index is 1.97. The Hall–Kier alpha value is -3.86. The van der Waals surface area contributed by atoms with Crippen molar-refractivity contribution in [3.05, 3.63) is 91.1 Å². The number of carbonyl (C=O) groups is 2. The molecule has 0 radical (unpaired) electrons. The van der Waals surface area contributed by atoms with Crippen LogP contribution < -0.4 is 21.9 Å². The molecule has 0 saturated carbocycles. The Kier molecular flexibility index (Phi) is 5.16. The summed E-state index contributed by atoms with van der Waals surface area (Å²) in [4.78, 5) is 52.4. The van der Waals surface area contributed by atoms with Crippen LogP contribution in [0.3, 0.4) is 0 Å². The molecule has 0 saturated heterocycles. The second-order valence-corrected chi connectivity index (χ2v) is 7.76. The Labute approximate surface area is 188 Å². The molecule has 2 aromatic carbocycles. The van der Waals surface area contributed by atoms with Crippen LogP contribution in [0.1, 0.15) is 21.5 Å². The predicted octanol–water partition coefficient (Wildman–Crippen LogP) is 2.63. The van der Waals surface area contributed by atoms with Crippen LogP contribution in [0.2, 0.25) is 5.02 Å². The first-order chi connectivity index (χ1) is 15.5. The SMILES string of the molecule is Cc1cccc(C(=O)N[C@]2(C(F)(F)F)C(=O)Nc3c2c(=O)[nH]c(=O)n3-c2ccc(Cl)cc2)c1. The van der Waals surface area contributed by atoms with E-state index in [1.54, 1.807) is 23.3 Å². The van der Waals surface area contributed by atoms with E-state index in [9.17, 15) is 32.3 Å². The van der Waals surface area contributed by atoms with E-state index < -0.39 is 46.2 Å². The molecule has 3 N–H and O–H groups in total. The lowest BCUT2D eigenvalue weighted by Gasteiger charge is -2.30. The standard InChI is InChI=1S/C21H14ClF3N4O4/c1-10-3-2-4-11(9-10)16(30)28-20(21(23,24)25)14-15(26-18(20)32)29(19(33)27-17(14)31)13-7-5-12(22)6-8-13/h2-9H,1H3,(H,26,32)(H,28,30)(H,27,31,33)/t20-/m0/s1. The van der Waals surface area contributed by atoms with Gasteiger partial charge in [0.05, 0.1) is 5.69 Å². The van der Waals surface area contributed by atoms with Crippen molar-refractivity contribution in [1.82, 2.24) is 14.9 Å². The maximum atomic E-state index is 14.4. The van der Waals surface area contributed by atoms with E-state index in [4.69, 9.17) is 11.6 Å². The average molecular weight is 479 g/mol. The van der Waals surface area contributed by atoms with Crippen LogP contribution in [-0.2, 0) is 10.3 Å². The number of anilines is 1. The summed E-state index contributed by atoms with van der Waals surface area (Å²) in [5, 5.41) is 3.94. The van der Waals surface area contributed by atoms with Gasteiger partial charge < -0.3 is 10.6 Å². The first kappa shape index (κ1) is 22.3. The number of nitrogens with one attached hydrogen (secondary N) is 3. The molecular weight excluding hydrogens is 465 g/mol. The normalized spacial score (nSPS) is 17.4. The van der Waals surface area contributed by atoms with E-state index in [0.29, 0.717) is 10.1 Å². The number of amides is 2. The average Bonchev–Trinajstić information content (AvgIpc) is 3.02. The van der Waals surface area contributed by atoms with E-state index >= 15 is 0 Å². The van der Waals surface area contributed by atoms with Gasteiger partial charge in [-0.25, -0.2) is 9.36 Å². The number of aryl methyl sites for hydroxylation is 1. The highest BCUT2D eigenvalue weighted by Gasteiger charge is 2.68. The van der Waals surface area contributed by atoms with Gasteiger partial charge in [-0.3, -0.25) is 19.4 Å². The van der Waals surface area contributed by atoms with Crippen LogP contribution in [0.4, 0.5) is 19.0 Å². The Morgan fingerprint density at radius 2 is 1.76 bits per heavy atom. The van der Waals surface area contributed by atoms with Gasteiger partial charge in [-0.05, 0) is 43.3 Å². The number of halogens is 4. The zero-order valence-electron chi connectivity index (χ0n) is 16.7. The van der Waals surface area contributed by atoms with Crippen LogP contribution in [0.25, 0.3) is 5.69 Å². The number of hydrogen-bond acceptors (Lipinski definition) is 4. The van der Waals surface area contributed by atoms with Gasteiger partial charge in [0.15, 0.2) is 0 Å². The molecule has 1 aromatic heterocycles. The lowest BCUT2D eigenvalue weighted by molar-refractivity contribution is -0.196. The van der Waals surface area contributed by atoms with Crippen molar-refractivity contribution in [3.63, 3.8) is 0 Å². The van der Waals surface area contributed by atoms with Crippen LogP contribution in [0.5, 0.6) is 0 Å². The molecular formula is C21H14ClF3N4O4. The van der Waals surface area contributed by atoms with E-state index in [0.717, 1.165) is 0 Å². The van der Waals surface area contributed by atoms with E-state index in [1.165, 1.54) is 42.5 Å². The number of hydrogen-bond donors (Lipinski definition) is 3. The maximum Gasteiger partial charge on any atom is 0.425 e. The van der Waals surface area contributed by atoms with Crippen molar-refractivity contribution in [2.24, 2.45) is 0 Å². The highest BCUT2D eigenvalue weighted by molar-refractivity contribution is 6.30. The monoisotopic (exact) mass is 478 g/mol. The fourth-order valence-electron chi connectivity index (χ4n) is 3.64. The third-order valence-electron chi connectivity index (χ3n) is 5.15. The third kappa shape index (κ3) is 3.50. The van der Waals surface area contributed by atoms with Crippen molar-refractivity contribution in [2.75, 3.05) is 5.32 Å². The number of H-pyrrole nitrogens is 1. The fourth-order valence-corrected chi connectivity index (χ4v) is 3.77. The largest absolute Gasteiger partial charge is 0.425 e. The minimum Gasteiger partial charge on any atom is -0.326 e. The summed E-state index contributed by atoms with van der Waals surface area (Å²) < 4.78 is 44.0. The van der Waals surface area contributed by atoms with Gasteiger partial charge in [-0.1, -0.05) is 29.3 Å². The van der Waals surface area contributed by atoms with Crippen molar-refractivity contribution in [1.29, 1.82) is 0 Å². The van der Waals surface area contributed by atoms with Crippen molar-refractivity contribution < 1.29 is 22.8 Å². The lowest BCUT2D eigenvalue weighted by atomic mass is 9.91. The summed E-state index contributed by atoms with van der Waals surface area (Å²) in [5.41, 5.74) is -6.99. The molecule has 2 amide bonds. The zero-order chi connectivity index (χ0) is 24.1. The molecule has 0 fully saturated rings. The summed E-state index contributed by atoms with van der Waals surface area (Å²) in [6, 6.07) is 11.0. The molecule has 170 valence electrons. The minimum absolute atomic E-state index is 0.0279. The van der Waals surface area contributed by atoms with Gasteiger partial charge >= 0.3 is 11.9 Å². The molecule has 4 rings (SSSR count). The lowest BCUT2D eigenvalue weighted by Crippen LogP contribution is -2.62. The number of fused-ring (bicyclic) bond motifs is 1. The summed E-state index contributed by atoms with van der Waals surface area (Å²) in [5.74, 6) is -3.68. The van der Waals surface area contributed by atoms with Crippen molar-refractivity contribution in [3.8, 4) is 5.69 Å². The van der Waals surface area contributed by atoms with Gasteiger partial charge in [0, 0.05) is 10.6 Å². The quantitative estimate of drug-likeness (QED) is 0.537. The summed E-state index contributed by atoms with van der Waals surface area (Å²) in [7, 11) is 0. The zero-order valence-corrected chi connectivity index (χ0v) is 17.5. The molecule has 3 aromatic rings. The molecule has 1 atom stereocenters. The fraction of sp³-hybridized carbons (Fsp3) is 0.143. The van der Waals surface area contributed by atoms with Crippen LogP contribution in [-0.4, -0.2) is 27.5 Å². The molecule has 12 heteroatoms. The van der Waals surface area contributed by atoms with Crippen LogP contribution >= 0.6 is 11.6 Å². The number of alkyl halides is 3.